The van der Waals surface area contributed by atoms with Crippen molar-refractivity contribution < 1.29 is 27.3 Å². The molecule has 1 amide bonds. The minimum Gasteiger partial charge on any atom is -0.478 e. The number of nitriles is 1. The highest BCUT2D eigenvalue weighted by Gasteiger charge is 2.16. The highest BCUT2D eigenvalue weighted by molar-refractivity contribution is 7.87. The van der Waals surface area contributed by atoms with E-state index in [4.69, 9.17) is 9.29 Å². The van der Waals surface area contributed by atoms with Gasteiger partial charge in [0.15, 0.2) is 0 Å². The van der Waals surface area contributed by atoms with Gasteiger partial charge in [0.1, 0.15) is 22.3 Å². The van der Waals surface area contributed by atoms with Crippen LogP contribution in [0, 0.1) is 11.3 Å². The van der Waals surface area contributed by atoms with Gasteiger partial charge < -0.3 is 14.6 Å². The van der Waals surface area contributed by atoms with Gasteiger partial charge in [0, 0.05) is 5.69 Å². The minimum atomic E-state index is -3.99. The summed E-state index contributed by atoms with van der Waals surface area (Å²) < 4.78 is 29.6. The number of rotatable bonds is 7. The number of carboxylic acids is 1. The van der Waals surface area contributed by atoms with E-state index in [9.17, 15) is 23.3 Å². The lowest BCUT2D eigenvalue weighted by Crippen LogP contribution is -2.14. The Bertz CT molecular complexity index is 1320. The standard InChI is InChI=1S/C23H16N2O6S/c24-15-18(22(26)25-19-6-4-5-17(14-19)23(27)28)13-16-9-11-20(12-10-16)31-32(29,30)21-7-2-1-3-8-21/h1-14H,(H,25,26)(H,27,28). The van der Waals surface area contributed by atoms with E-state index in [0.717, 1.165) is 0 Å². The van der Waals surface area contributed by atoms with Crippen molar-refractivity contribution in [3.63, 3.8) is 0 Å². The number of amides is 1. The van der Waals surface area contributed by atoms with Gasteiger partial charge in [-0.25, -0.2) is 4.79 Å². The molecule has 3 rings (SSSR count). The van der Waals surface area contributed by atoms with Crippen LogP contribution in [-0.2, 0) is 14.9 Å². The molecule has 0 saturated heterocycles. The van der Waals surface area contributed by atoms with Gasteiger partial charge >= 0.3 is 16.1 Å². The third kappa shape index (κ3) is 5.59. The van der Waals surface area contributed by atoms with Crippen molar-refractivity contribution in [3.05, 3.63) is 95.6 Å². The van der Waals surface area contributed by atoms with Gasteiger partial charge in [-0.05, 0) is 54.1 Å². The quantitative estimate of drug-likeness (QED) is 0.320. The van der Waals surface area contributed by atoms with Crippen LogP contribution in [-0.4, -0.2) is 25.4 Å². The van der Waals surface area contributed by atoms with Crippen LogP contribution >= 0.6 is 0 Å². The molecule has 0 fully saturated rings. The molecule has 32 heavy (non-hydrogen) atoms. The predicted molar refractivity (Wildman–Crippen MR) is 116 cm³/mol. The molecule has 9 heteroatoms. The summed E-state index contributed by atoms with van der Waals surface area (Å²) >= 11 is 0. The molecular formula is C23H16N2O6S. The Morgan fingerprint density at radius 2 is 1.66 bits per heavy atom. The largest absolute Gasteiger partial charge is 0.478 e. The number of hydrogen-bond donors (Lipinski definition) is 2. The Morgan fingerprint density at radius 3 is 2.28 bits per heavy atom. The molecule has 0 aliphatic rings. The third-order valence-corrected chi connectivity index (χ3v) is 5.42. The molecule has 0 aromatic heterocycles. The zero-order chi connectivity index (χ0) is 23.1. The fourth-order valence-corrected chi connectivity index (χ4v) is 3.58. The molecule has 3 aromatic rings. The first-order valence-electron chi connectivity index (χ1n) is 9.14. The van der Waals surface area contributed by atoms with E-state index < -0.39 is 22.0 Å². The minimum absolute atomic E-state index is 0.00803. The first-order valence-corrected chi connectivity index (χ1v) is 10.6. The average molecular weight is 448 g/mol. The molecule has 2 N–H and O–H groups in total. The monoisotopic (exact) mass is 448 g/mol. The number of carbonyl (C=O) groups is 2. The molecule has 0 saturated carbocycles. The molecule has 0 unspecified atom stereocenters. The van der Waals surface area contributed by atoms with E-state index in [0.29, 0.717) is 5.56 Å². The number of anilines is 1. The number of aromatic carboxylic acids is 1. The Labute approximate surface area is 184 Å². The number of hydrogen-bond acceptors (Lipinski definition) is 6. The Morgan fingerprint density at radius 1 is 0.969 bits per heavy atom. The van der Waals surface area contributed by atoms with E-state index in [1.165, 1.54) is 66.7 Å². The summed E-state index contributed by atoms with van der Waals surface area (Å²) in [5.74, 6) is -1.80. The maximum Gasteiger partial charge on any atom is 0.339 e. The Kier molecular flexibility index (Phi) is 6.68. The van der Waals surface area contributed by atoms with E-state index in [1.54, 1.807) is 24.3 Å². The molecule has 160 valence electrons. The van der Waals surface area contributed by atoms with Crippen molar-refractivity contribution >= 4 is 33.8 Å². The number of nitrogens with one attached hydrogen (secondary N) is 1. The lowest BCUT2D eigenvalue weighted by atomic mass is 10.1. The van der Waals surface area contributed by atoms with Crippen molar-refractivity contribution in [2.75, 3.05) is 5.32 Å². The van der Waals surface area contributed by atoms with Gasteiger partial charge in [-0.15, -0.1) is 0 Å². The van der Waals surface area contributed by atoms with E-state index in [-0.39, 0.29) is 27.5 Å². The Balaban J connectivity index is 1.74. The van der Waals surface area contributed by atoms with Gasteiger partial charge in [0.05, 0.1) is 5.56 Å². The normalized spacial score (nSPS) is 11.3. The lowest BCUT2D eigenvalue weighted by Gasteiger charge is -2.07. The fraction of sp³-hybridized carbons (Fsp3) is 0. The van der Waals surface area contributed by atoms with E-state index in [1.807, 2.05) is 0 Å². The van der Waals surface area contributed by atoms with Crippen LogP contribution in [0.15, 0.2) is 89.3 Å². The number of carbonyl (C=O) groups excluding carboxylic acids is 1. The summed E-state index contributed by atoms with van der Waals surface area (Å²) in [5, 5.41) is 20.8. The van der Waals surface area contributed by atoms with Gasteiger partial charge in [-0.3, -0.25) is 4.79 Å². The van der Waals surface area contributed by atoms with Crippen molar-refractivity contribution in [1.29, 1.82) is 5.26 Å². The van der Waals surface area contributed by atoms with Gasteiger partial charge in [-0.1, -0.05) is 36.4 Å². The molecule has 0 aliphatic carbocycles. The molecule has 3 aromatic carbocycles. The maximum absolute atomic E-state index is 12.4. The number of nitrogens with zero attached hydrogens (tertiary/aromatic N) is 1. The topological polar surface area (TPSA) is 134 Å². The molecule has 8 nitrogen and oxygen atoms in total. The highest BCUT2D eigenvalue weighted by Crippen LogP contribution is 2.20. The summed E-state index contributed by atoms with van der Waals surface area (Å²) in [7, 11) is -3.99. The molecule has 0 bridgehead atoms. The van der Waals surface area contributed by atoms with Crippen LogP contribution in [0.3, 0.4) is 0 Å². The average Bonchev–Trinajstić information content (AvgIpc) is 2.79. The van der Waals surface area contributed by atoms with Crippen molar-refractivity contribution in [1.82, 2.24) is 0 Å². The third-order valence-electron chi connectivity index (χ3n) is 4.16. The van der Waals surface area contributed by atoms with Crippen molar-refractivity contribution in [3.8, 4) is 11.8 Å². The fourth-order valence-electron chi connectivity index (χ4n) is 2.63. The summed E-state index contributed by atoms with van der Waals surface area (Å²) in [4.78, 5) is 23.4. The summed E-state index contributed by atoms with van der Waals surface area (Å²) in [5.41, 5.74) is 0.453. The molecule has 0 aliphatic heterocycles. The molecule has 0 radical (unpaired) electrons. The predicted octanol–water partition coefficient (Wildman–Crippen LogP) is 3.70. The first kappa shape index (κ1) is 22.3. The SMILES string of the molecule is N#CC(=Cc1ccc(OS(=O)(=O)c2ccccc2)cc1)C(=O)Nc1cccc(C(=O)O)c1. The Hall–Kier alpha value is -4.42. The van der Waals surface area contributed by atoms with E-state index in [2.05, 4.69) is 5.32 Å². The molecular weight excluding hydrogens is 432 g/mol. The van der Waals surface area contributed by atoms with Crippen LogP contribution < -0.4 is 9.50 Å². The molecule has 0 atom stereocenters. The molecule has 0 heterocycles. The van der Waals surface area contributed by atoms with Crippen LogP contribution in [0.2, 0.25) is 0 Å². The van der Waals surface area contributed by atoms with Crippen molar-refractivity contribution in [2.24, 2.45) is 0 Å². The zero-order valence-corrected chi connectivity index (χ0v) is 17.2. The van der Waals surface area contributed by atoms with Crippen molar-refractivity contribution in [2.45, 2.75) is 4.90 Å². The number of carboxylic acid groups (broad SMARTS) is 1. The second-order valence-electron chi connectivity index (χ2n) is 6.43. The summed E-state index contributed by atoms with van der Waals surface area (Å²) in [6.45, 7) is 0. The maximum atomic E-state index is 12.4. The molecule has 0 spiro atoms. The van der Waals surface area contributed by atoms with Gasteiger partial charge in [0.25, 0.3) is 5.91 Å². The number of benzene rings is 3. The smallest absolute Gasteiger partial charge is 0.339 e. The summed E-state index contributed by atoms with van der Waals surface area (Å²) in [6, 6.07) is 20.9. The first-order chi connectivity index (χ1) is 15.3. The lowest BCUT2D eigenvalue weighted by molar-refractivity contribution is -0.112. The zero-order valence-electron chi connectivity index (χ0n) is 16.4. The second-order valence-corrected chi connectivity index (χ2v) is 7.98. The summed E-state index contributed by atoms with van der Waals surface area (Å²) in [6.07, 6.45) is 1.31. The van der Waals surface area contributed by atoms with Gasteiger partial charge in [-0.2, -0.15) is 13.7 Å². The van der Waals surface area contributed by atoms with E-state index >= 15 is 0 Å². The van der Waals surface area contributed by atoms with Crippen LogP contribution in [0.25, 0.3) is 6.08 Å². The second kappa shape index (κ2) is 9.59. The van der Waals surface area contributed by atoms with Crippen LogP contribution in [0.5, 0.6) is 5.75 Å². The van der Waals surface area contributed by atoms with Crippen LogP contribution in [0.1, 0.15) is 15.9 Å². The van der Waals surface area contributed by atoms with Crippen LogP contribution in [0.4, 0.5) is 5.69 Å². The van der Waals surface area contributed by atoms with Gasteiger partial charge in [0.2, 0.25) is 0 Å². The highest BCUT2D eigenvalue weighted by atomic mass is 32.2.